The molecule has 380 valence electrons. The van der Waals surface area contributed by atoms with Gasteiger partial charge in [0.2, 0.25) is 29.4 Å². The minimum Gasteiger partial charge on any atom is -0.507 e. The largest absolute Gasteiger partial charge is 0.507 e. The number of methoxy groups -OCH3 is 2. The minimum absolute atomic E-state index is 0.0608. The molecule has 6 aliphatic rings. The molecule has 4 aliphatic heterocycles. The summed E-state index contributed by atoms with van der Waals surface area (Å²) in [6, 6.07) is 4.07. The first-order valence-electron chi connectivity index (χ1n) is 22.8. The lowest BCUT2D eigenvalue weighted by Gasteiger charge is -2.43. The molecule has 8 atom stereocenters. The van der Waals surface area contributed by atoms with Gasteiger partial charge in [-0.1, -0.05) is 12.1 Å². The van der Waals surface area contributed by atoms with Crippen LogP contribution in [0.2, 0.25) is 0 Å². The summed E-state index contributed by atoms with van der Waals surface area (Å²) in [5.74, 6) is -7.85. The van der Waals surface area contributed by atoms with E-state index in [1.54, 1.807) is 6.92 Å². The maximum absolute atomic E-state index is 14.2. The van der Waals surface area contributed by atoms with Gasteiger partial charge in [-0.25, -0.2) is 0 Å². The van der Waals surface area contributed by atoms with Gasteiger partial charge in [0, 0.05) is 93.9 Å². The van der Waals surface area contributed by atoms with Crippen molar-refractivity contribution < 1.29 is 86.9 Å². The lowest BCUT2D eigenvalue weighted by molar-refractivity contribution is -0.256. The molecule has 3 saturated heterocycles. The monoisotopic (exact) mass is 991 g/mol. The molecule has 4 unspecified atom stereocenters. The average molecular weight is 992 g/mol. The maximum atomic E-state index is 14.2. The number of hydrogen-bond donors (Lipinski definition) is 8. The van der Waals surface area contributed by atoms with E-state index in [0.717, 1.165) is 17.1 Å². The molecule has 25 nitrogen and oxygen atoms in total. The molecule has 2 aliphatic carbocycles. The SMILES string of the molecule is COc1cccc2c1C(=O)c1c(O)c3c(c(O)c1C2=O)C[C@@](O)(C(=O)NCCNC(=O)CNC(=O)CNC(=O)CNC(=O)CCN1C(=O)C=CC1=O)CC3OC1C[C@H]2[C@@H](O[C@@H]3C(OC)OCCN32)C(C)O1. The van der Waals surface area contributed by atoms with E-state index in [4.69, 9.17) is 28.4 Å². The molecule has 7 amide bonds. The summed E-state index contributed by atoms with van der Waals surface area (Å²) in [6.07, 6.45) is -3.70. The van der Waals surface area contributed by atoms with E-state index in [-0.39, 0.29) is 66.5 Å². The second-order valence-corrected chi connectivity index (χ2v) is 17.5. The Morgan fingerprint density at radius 3 is 2.14 bits per heavy atom. The Morgan fingerprint density at radius 1 is 0.817 bits per heavy atom. The molecule has 71 heavy (non-hydrogen) atoms. The van der Waals surface area contributed by atoms with Crippen molar-refractivity contribution in [1.29, 1.82) is 0 Å². The first-order chi connectivity index (χ1) is 33.9. The lowest BCUT2D eigenvalue weighted by atomic mass is 9.72. The van der Waals surface area contributed by atoms with Crippen molar-refractivity contribution in [3.05, 3.63) is 63.7 Å². The van der Waals surface area contributed by atoms with E-state index in [9.17, 15) is 58.5 Å². The fraction of sp³-hybridized carbons (Fsp3) is 0.500. The predicted molar refractivity (Wildman–Crippen MR) is 237 cm³/mol. The Morgan fingerprint density at radius 2 is 1.46 bits per heavy atom. The van der Waals surface area contributed by atoms with Crippen molar-refractivity contribution in [2.45, 2.75) is 81.4 Å². The van der Waals surface area contributed by atoms with Gasteiger partial charge in [-0.15, -0.1) is 0 Å². The van der Waals surface area contributed by atoms with Gasteiger partial charge in [0.15, 0.2) is 24.6 Å². The van der Waals surface area contributed by atoms with Crippen LogP contribution in [0.1, 0.15) is 75.3 Å². The van der Waals surface area contributed by atoms with Crippen LogP contribution < -0.4 is 31.3 Å². The molecule has 8 N–H and O–H groups in total. The Labute approximate surface area is 404 Å². The van der Waals surface area contributed by atoms with Crippen molar-refractivity contribution in [2.24, 2.45) is 0 Å². The molecule has 0 bridgehead atoms. The number of ketones is 2. The van der Waals surface area contributed by atoms with Gasteiger partial charge in [0.1, 0.15) is 29.0 Å². The number of nitrogens with one attached hydrogen (secondary N) is 5. The molecule has 0 aromatic heterocycles. The molecular formula is C46H53N7O18. The number of carbonyl (C=O) groups is 9. The van der Waals surface area contributed by atoms with Crippen molar-refractivity contribution in [3.63, 3.8) is 0 Å². The molecule has 2 aromatic carbocycles. The lowest BCUT2D eigenvalue weighted by Crippen LogP contribution is -2.55. The zero-order valence-corrected chi connectivity index (χ0v) is 38.8. The van der Waals surface area contributed by atoms with E-state index in [1.807, 2.05) is 0 Å². The molecular weight excluding hydrogens is 939 g/mol. The number of rotatable bonds is 17. The molecule has 4 heterocycles. The summed E-state index contributed by atoms with van der Waals surface area (Å²) < 4.78 is 35.8. The normalized spacial score (nSPS) is 26.4. The highest BCUT2D eigenvalue weighted by atomic mass is 16.7. The molecule has 0 saturated carbocycles. The summed E-state index contributed by atoms with van der Waals surface area (Å²) in [4.78, 5) is 117. The first kappa shape index (κ1) is 50.5. The number of fused-ring (bicyclic) bond motifs is 6. The van der Waals surface area contributed by atoms with E-state index < -0.39 is 151 Å². The Bertz CT molecular complexity index is 2570. The van der Waals surface area contributed by atoms with E-state index >= 15 is 0 Å². The quantitative estimate of drug-likeness (QED) is 0.0381. The Kier molecular flexibility index (Phi) is 14.8. The fourth-order valence-electron chi connectivity index (χ4n) is 9.72. The van der Waals surface area contributed by atoms with Crippen LogP contribution in [0.5, 0.6) is 17.2 Å². The number of phenolic OH excluding ortho intramolecular Hbond substituents is 2. The standard InChI is InChI=1S/C46H53N7O18/c1-21-42-24(52-13-14-68-44(67-3)43(52)71-42)15-33(69-21)70-26-17-46(65,16-23-35(26)41(63)37-36(39(23)61)38(60)22-5-4-6-25(66-2)34(22)40(37)62)45(64)48-11-10-47-28(55)18-50-30(57)20-51-29(56)19-49-27(54)9-12-53-31(58)7-8-32(53)59/h4-8,21,24,26,33,42-44,61,63,65H,9-20H2,1-3H3,(H,47,55)(H,48,64)(H,49,54)(H,50,57)(H,51,56)/t21?,24-,26?,33?,42-,43+,44?,46-/m0/s1. The van der Waals surface area contributed by atoms with E-state index in [1.165, 1.54) is 32.4 Å². The number of phenols is 2. The number of aromatic hydroxyl groups is 2. The molecule has 8 rings (SSSR count). The number of morpholine rings is 1. The molecule has 25 heteroatoms. The second-order valence-electron chi connectivity index (χ2n) is 17.5. The van der Waals surface area contributed by atoms with Crippen LogP contribution in [-0.2, 0) is 63.7 Å². The van der Waals surface area contributed by atoms with Crippen molar-refractivity contribution >= 4 is 52.9 Å². The number of hydrogen-bond acceptors (Lipinski definition) is 19. The van der Waals surface area contributed by atoms with Crippen LogP contribution in [0.15, 0.2) is 30.4 Å². The van der Waals surface area contributed by atoms with Crippen LogP contribution >= 0.6 is 0 Å². The zero-order chi connectivity index (χ0) is 50.9. The third-order valence-electron chi connectivity index (χ3n) is 13.1. The van der Waals surface area contributed by atoms with Crippen LogP contribution in [0.25, 0.3) is 0 Å². The maximum Gasteiger partial charge on any atom is 0.253 e. The zero-order valence-electron chi connectivity index (χ0n) is 38.8. The molecule has 3 fully saturated rings. The van der Waals surface area contributed by atoms with E-state index in [0.29, 0.717) is 13.2 Å². The van der Waals surface area contributed by atoms with Gasteiger partial charge in [-0.2, -0.15) is 0 Å². The van der Waals surface area contributed by atoms with Crippen LogP contribution in [-0.4, -0.2) is 187 Å². The van der Waals surface area contributed by atoms with Crippen molar-refractivity contribution in [3.8, 4) is 17.2 Å². The highest BCUT2D eigenvalue weighted by Crippen LogP contribution is 2.53. The Hall–Kier alpha value is -6.87. The topological polar surface area (TPSA) is 336 Å². The van der Waals surface area contributed by atoms with Gasteiger partial charge in [0.25, 0.3) is 17.7 Å². The minimum atomic E-state index is -2.38. The van der Waals surface area contributed by atoms with Crippen LogP contribution in [0.4, 0.5) is 0 Å². The average Bonchev–Trinajstić information content (AvgIpc) is 3.90. The van der Waals surface area contributed by atoms with Gasteiger partial charge >= 0.3 is 0 Å². The summed E-state index contributed by atoms with van der Waals surface area (Å²) in [5.41, 5.74) is -3.99. The number of nitrogens with zero attached hydrogens (tertiary/aromatic N) is 2. The molecule has 2 aromatic rings. The Balaban J connectivity index is 0.894. The number of ether oxygens (including phenoxy) is 6. The highest BCUT2D eigenvalue weighted by molar-refractivity contribution is 6.31. The first-order valence-corrected chi connectivity index (χ1v) is 22.8. The molecule has 0 spiro atoms. The number of aliphatic hydroxyl groups is 1. The van der Waals surface area contributed by atoms with Gasteiger partial charge in [0.05, 0.1) is 62.2 Å². The summed E-state index contributed by atoms with van der Waals surface area (Å²) >= 11 is 0. The van der Waals surface area contributed by atoms with Crippen molar-refractivity contribution in [2.75, 3.05) is 66.6 Å². The third-order valence-corrected chi connectivity index (χ3v) is 13.1. The summed E-state index contributed by atoms with van der Waals surface area (Å²) in [7, 11) is 2.82. The van der Waals surface area contributed by atoms with E-state index in [2.05, 4.69) is 31.5 Å². The van der Waals surface area contributed by atoms with Crippen LogP contribution in [0, 0.1) is 0 Å². The van der Waals surface area contributed by atoms with Gasteiger partial charge < -0.3 is 70.3 Å². The summed E-state index contributed by atoms with van der Waals surface area (Å²) in [6.45, 7) is 0.485. The number of imide groups is 1. The predicted octanol–water partition coefficient (Wildman–Crippen LogP) is -2.95. The number of benzene rings is 2. The van der Waals surface area contributed by atoms with Gasteiger partial charge in [-0.05, 0) is 13.0 Å². The second kappa shape index (κ2) is 20.8. The smallest absolute Gasteiger partial charge is 0.253 e. The van der Waals surface area contributed by atoms with Gasteiger partial charge in [-0.3, -0.25) is 53.0 Å². The number of carbonyl (C=O) groups excluding carboxylic acids is 9. The third kappa shape index (κ3) is 10.1. The number of amides is 7. The van der Waals surface area contributed by atoms with Crippen LogP contribution in [0.3, 0.4) is 0 Å². The highest BCUT2D eigenvalue weighted by Gasteiger charge is 2.55. The fourth-order valence-corrected chi connectivity index (χ4v) is 9.72. The van der Waals surface area contributed by atoms with Crippen molar-refractivity contribution in [1.82, 2.24) is 36.4 Å². The summed E-state index contributed by atoms with van der Waals surface area (Å²) in [5, 5.41) is 48.1. The molecule has 0 radical (unpaired) electrons.